The van der Waals surface area contributed by atoms with Crippen LogP contribution in [0.3, 0.4) is 0 Å². The largest absolute Gasteiger partial charge is 0.497 e. The molecule has 1 aliphatic rings. The van der Waals surface area contributed by atoms with E-state index in [9.17, 15) is 9.59 Å². The SMILES string of the molecule is COC(=O)c1ccc(CO[C@@H](CN2CCN(C(=O)NCc3ccc(OC)cc3)CC2)c2ccc(Cl)cc2)cc1. The lowest BCUT2D eigenvalue weighted by Gasteiger charge is -2.36. The molecule has 0 aromatic heterocycles. The van der Waals surface area contributed by atoms with E-state index in [2.05, 4.69) is 10.2 Å². The highest BCUT2D eigenvalue weighted by atomic mass is 35.5. The normalized spacial score (nSPS) is 14.5. The topological polar surface area (TPSA) is 80.3 Å². The van der Waals surface area contributed by atoms with Gasteiger partial charge in [-0.05, 0) is 53.1 Å². The quantitative estimate of drug-likeness (QED) is 0.360. The van der Waals surface area contributed by atoms with Crippen molar-refractivity contribution >= 4 is 23.6 Å². The summed E-state index contributed by atoms with van der Waals surface area (Å²) in [5.74, 6) is 0.425. The summed E-state index contributed by atoms with van der Waals surface area (Å²) in [4.78, 5) is 28.6. The summed E-state index contributed by atoms with van der Waals surface area (Å²) in [6, 6.07) is 22.5. The van der Waals surface area contributed by atoms with Crippen molar-refractivity contribution in [2.24, 2.45) is 0 Å². The molecule has 1 N–H and O–H groups in total. The van der Waals surface area contributed by atoms with Crippen LogP contribution in [0.2, 0.25) is 5.02 Å². The van der Waals surface area contributed by atoms with Crippen LogP contribution in [0.4, 0.5) is 4.79 Å². The van der Waals surface area contributed by atoms with E-state index in [-0.39, 0.29) is 18.1 Å². The van der Waals surface area contributed by atoms with Gasteiger partial charge in [0.1, 0.15) is 5.75 Å². The molecule has 3 aromatic rings. The molecule has 0 bridgehead atoms. The van der Waals surface area contributed by atoms with Crippen LogP contribution >= 0.6 is 11.6 Å². The molecule has 3 aromatic carbocycles. The molecule has 1 fully saturated rings. The van der Waals surface area contributed by atoms with E-state index in [0.717, 1.165) is 35.5 Å². The molecule has 206 valence electrons. The molecule has 1 atom stereocenters. The van der Waals surface area contributed by atoms with Gasteiger partial charge in [-0.3, -0.25) is 4.90 Å². The number of amides is 2. The van der Waals surface area contributed by atoms with Gasteiger partial charge in [-0.2, -0.15) is 0 Å². The number of nitrogens with one attached hydrogen (secondary N) is 1. The molecule has 4 rings (SSSR count). The fourth-order valence-electron chi connectivity index (χ4n) is 4.38. The minimum Gasteiger partial charge on any atom is -0.497 e. The van der Waals surface area contributed by atoms with Gasteiger partial charge in [0.2, 0.25) is 0 Å². The van der Waals surface area contributed by atoms with Crippen molar-refractivity contribution in [3.63, 3.8) is 0 Å². The molecule has 0 spiro atoms. The fourth-order valence-corrected chi connectivity index (χ4v) is 4.51. The first-order valence-electron chi connectivity index (χ1n) is 12.9. The number of hydrogen-bond acceptors (Lipinski definition) is 6. The monoisotopic (exact) mass is 551 g/mol. The summed E-state index contributed by atoms with van der Waals surface area (Å²) in [6.45, 7) is 4.31. The minimum absolute atomic E-state index is 0.0635. The smallest absolute Gasteiger partial charge is 0.337 e. The van der Waals surface area contributed by atoms with Crippen LogP contribution in [-0.2, 0) is 22.6 Å². The highest BCUT2D eigenvalue weighted by Gasteiger charge is 2.24. The lowest BCUT2D eigenvalue weighted by atomic mass is 10.1. The molecule has 0 unspecified atom stereocenters. The van der Waals surface area contributed by atoms with Gasteiger partial charge in [-0.1, -0.05) is 48.0 Å². The number of carbonyl (C=O) groups excluding carboxylic acids is 2. The second-order valence-corrected chi connectivity index (χ2v) is 9.77. The lowest BCUT2D eigenvalue weighted by molar-refractivity contribution is 0.00554. The maximum absolute atomic E-state index is 12.7. The average Bonchev–Trinajstić information content (AvgIpc) is 2.99. The van der Waals surface area contributed by atoms with Gasteiger partial charge in [0.15, 0.2) is 0 Å². The summed E-state index contributed by atoms with van der Waals surface area (Å²) in [5, 5.41) is 3.68. The third-order valence-corrected chi connectivity index (χ3v) is 7.01. The highest BCUT2D eigenvalue weighted by molar-refractivity contribution is 6.30. The predicted molar refractivity (Wildman–Crippen MR) is 150 cm³/mol. The van der Waals surface area contributed by atoms with E-state index in [1.807, 2.05) is 65.6 Å². The molecular weight excluding hydrogens is 518 g/mol. The van der Waals surface area contributed by atoms with E-state index in [0.29, 0.717) is 43.4 Å². The van der Waals surface area contributed by atoms with Crippen LogP contribution < -0.4 is 10.1 Å². The molecule has 0 radical (unpaired) electrons. The van der Waals surface area contributed by atoms with E-state index in [4.69, 9.17) is 25.8 Å². The van der Waals surface area contributed by atoms with E-state index >= 15 is 0 Å². The van der Waals surface area contributed by atoms with Gasteiger partial charge in [0.25, 0.3) is 0 Å². The Kier molecular flexibility index (Phi) is 10.2. The second-order valence-electron chi connectivity index (χ2n) is 9.33. The van der Waals surface area contributed by atoms with Gasteiger partial charge >= 0.3 is 12.0 Å². The van der Waals surface area contributed by atoms with Crippen molar-refractivity contribution < 1.29 is 23.8 Å². The maximum atomic E-state index is 12.7. The van der Waals surface area contributed by atoms with Gasteiger partial charge in [-0.15, -0.1) is 0 Å². The molecule has 0 saturated carbocycles. The Morgan fingerprint density at radius 3 is 2.13 bits per heavy atom. The van der Waals surface area contributed by atoms with Crippen molar-refractivity contribution in [3.05, 3.63) is 100 Å². The Labute approximate surface area is 234 Å². The van der Waals surface area contributed by atoms with Crippen molar-refractivity contribution in [2.75, 3.05) is 46.9 Å². The Morgan fingerprint density at radius 2 is 1.51 bits per heavy atom. The number of esters is 1. The number of urea groups is 1. The maximum Gasteiger partial charge on any atom is 0.337 e. The van der Waals surface area contributed by atoms with Crippen LogP contribution in [-0.4, -0.2) is 68.7 Å². The first-order valence-corrected chi connectivity index (χ1v) is 13.3. The third-order valence-electron chi connectivity index (χ3n) is 6.75. The van der Waals surface area contributed by atoms with Crippen LogP contribution in [0.15, 0.2) is 72.8 Å². The van der Waals surface area contributed by atoms with Crippen LogP contribution in [0, 0.1) is 0 Å². The molecule has 1 heterocycles. The Balaban J connectivity index is 1.30. The minimum atomic E-state index is -0.366. The Morgan fingerprint density at radius 1 is 0.872 bits per heavy atom. The molecule has 1 saturated heterocycles. The Hall–Kier alpha value is -3.59. The van der Waals surface area contributed by atoms with Gasteiger partial charge in [0, 0.05) is 44.3 Å². The number of nitrogens with zero attached hydrogens (tertiary/aromatic N) is 2. The lowest BCUT2D eigenvalue weighted by Crippen LogP contribution is -2.52. The summed E-state index contributed by atoms with van der Waals surface area (Å²) in [6.07, 6.45) is -0.182. The average molecular weight is 552 g/mol. The zero-order chi connectivity index (χ0) is 27.6. The zero-order valence-corrected chi connectivity index (χ0v) is 23.0. The fraction of sp³-hybridized carbons (Fsp3) is 0.333. The van der Waals surface area contributed by atoms with Gasteiger partial charge < -0.3 is 24.4 Å². The molecule has 1 aliphatic heterocycles. The molecule has 2 amide bonds. The van der Waals surface area contributed by atoms with Crippen LogP contribution in [0.25, 0.3) is 0 Å². The molecule has 8 nitrogen and oxygen atoms in total. The summed E-state index contributed by atoms with van der Waals surface area (Å²) in [5.41, 5.74) is 3.51. The molecule has 39 heavy (non-hydrogen) atoms. The second kappa shape index (κ2) is 14.0. The van der Waals surface area contributed by atoms with Crippen molar-refractivity contribution in [3.8, 4) is 5.75 Å². The van der Waals surface area contributed by atoms with E-state index in [1.165, 1.54) is 7.11 Å². The number of benzene rings is 3. The van der Waals surface area contributed by atoms with Crippen LogP contribution in [0.5, 0.6) is 5.75 Å². The molecule has 9 heteroatoms. The van der Waals surface area contributed by atoms with Crippen molar-refractivity contribution in [1.82, 2.24) is 15.1 Å². The number of piperazine rings is 1. The van der Waals surface area contributed by atoms with E-state index < -0.39 is 0 Å². The molecule has 0 aliphatic carbocycles. The van der Waals surface area contributed by atoms with E-state index in [1.54, 1.807) is 19.2 Å². The van der Waals surface area contributed by atoms with Crippen molar-refractivity contribution in [2.45, 2.75) is 19.3 Å². The van der Waals surface area contributed by atoms with Gasteiger partial charge in [-0.25, -0.2) is 9.59 Å². The summed E-state index contributed by atoms with van der Waals surface area (Å²) >= 11 is 6.12. The first-order chi connectivity index (χ1) is 18.9. The Bertz CT molecular complexity index is 1210. The van der Waals surface area contributed by atoms with Crippen molar-refractivity contribution in [1.29, 1.82) is 0 Å². The summed E-state index contributed by atoms with van der Waals surface area (Å²) < 4.78 is 16.3. The number of halogens is 1. The number of hydrogen-bond donors (Lipinski definition) is 1. The third kappa shape index (κ3) is 8.20. The highest BCUT2D eigenvalue weighted by Crippen LogP contribution is 2.24. The first kappa shape index (κ1) is 28.4. The zero-order valence-electron chi connectivity index (χ0n) is 22.3. The number of methoxy groups -OCH3 is 2. The predicted octanol–water partition coefficient (Wildman–Crippen LogP) is 4.92. The van der Waals surface area contributed by atoms with Gasteiger partial charge in [0.05, 0.1) is 32.5 Å². The molecular formula is C30H34ClN3O5. The number of rotatable bonds is 10. The standard InChI is InChI=1S/C30H34ClN3O5/c1-37-27-13-5-22(6-14-27)19-32-30(36)34-17-15-33(16-18-34)20-28(24-9-11-26(31)12-10-24)39-21-23-3-7-25(8-4-23)29(35)38-2/h3-14,28H,15-21H2,1-2H3,(H,32,36)/t28-/m0/s1. The number of carbonyl (C=O) groups is 2. The van der Waals surface area contributed by atoms with Crippen LogP contribution in [0.1, 0.15) is 33.2 Å². The summed E-state index contributed by atoms with van der Waals surface area (Å²) in [7, 11) is 3.00. The number of ether oxygens (including phenoxy) is 3.